The lowest BCUT2D eigenvalue weighted by Gasteiger charge is -2.39. The first-order chi connectivity index (χ1) is 9.13. The van der Waals surface area contributed by atoms with Crippen LogP contribution in [0.25, 0.3) is 0 Å². The van der Waals surface area contributed by atoms with Crippen LogP contribution in [0.3, 0.4) is 0 Å². The van der Waals surface area contributed by atoms with E-state index >= 15 is 0 Å². The zero-order chi connectivity index (χ0) is 13.7. The van der Waals surface area contributed by atoms with Crippen LogP contribution in [-0.4, -0.2) is 47.2 Å². The van der Waals surface area contributed by atoms with Gasteiger partial charge in [0, 0.05) is 32.1 Å². The number of rotatable bonds is 5. The highest BCUT2D eigenvalue weighted by Gasteiger charge is 2.34. The SMILES string of the molecule is CCCC(=O)N1CCC(O)(CNC2CCCC2)CC1. The Balaban J connectivity index is 1.72. The van der Waals surface area contributed by atoms with Gasteiger partial charge in [-0.2, -0.15) is 0 Å². The molecule has 0 spiro atoms. The lowest BCUT2D eigenvalue weighted by atomic mass is 9.90. The van der Waals surface area contributed by atoms with Gasteiger partial charge in [0.25, 0.3) is 0 Å². The molecular weight excluding hydrogens is 240 g/mol. The van der Waals surface area contributed by atoms with Gasteiger partial charge in [0.15, 0.2) is 0 Å². The van der Waals surface area contributed by atoms with Crippen LogP contribution in [0.5, 0.6) is 0 Å². The Labute approximate surface area is 116 Å². The van der Waals surface area contributed by atoms with Gasteiger partial charge in [-0.3, -0.25) is 4.79 Å². The minimum Gasteiger partial charge on any atom is -0.388 e. The molecule has 4 nitrogen and oxygen atoms in total. The number of piperidine rings is 1. The van der Waals surface area contributed by atoms with Gasteiger partial charge in [-0.1, -0.05) is 19.8 Å². The Morgan fingerprint density at radius 3 is 2.53 bits per heavy atom. The van der Waals surface area contributed by atoms with E-state index in [2.05, 4.69) is 5.32 Å². The number of hydrogen-bond donors (Lipinski definition) is 2. The minimum absolute atomic E-state index is 0.244. The molecule has 0 aromatic rings. The number of aliphatic hydroxyl groups is 1. The molecule has 2 N–H and O–H groups in total. The molecule has 110 valence electrons. The fourth-order valence-electron chi connectivity index (χ4n) is 3.19. The third kappa shape index (κ3) is 4.18. The van der Waals surface area contributed by atoms with Gasteiger partial charge in [0.05, 0.1) is 5.60 Å². The van der Waals surface area contributed by atoms with Crippen LogP contribution in [-0.2, 0) is 4.79 Å². The van der Waals surface area contributed by atoms with Crippen molar-refractivity contribution < 1.29 is 9.90 Å². The van der Waals surface area contributed by atoms with E-state index in [9.17, 15) is 9.90 Å². The Hall–Kier alpha value is -0.610. The summed E-state index contributed by atoms with van der Waals surface area (Å²) in [6.45, 7) is 4.14. The quantitative estimate of drug-likeness (QED) is 0.797. The Morgan fingerprint density at radius 1 is 1.32 bits per heavy atom. The van der Waals surface area contributed by atoms with E-state index < -0.39 is 5.60 Å². The third-order valence-corrected chi connectivity index (χ3v) is 4.59. The molecule has 0 atom stereocenters. The molecule has 1 aliphatic carbocycles. The van der Waals surface area contributed by atoms with Crippen molar-refractivity contribution in [3.63, 3.8) is 0 Å². The maximum absolute atomic E-state index is 11.8. The van der Waals surface area contributed by atoms with Crippen LogP contribution in [0.2, 0.25) is 0 Å². The van der Waals surface area contributed by atoms with Crippen LogP contribution in [0.1, 0.15) is 58.3 Å². The lowest BCUT2D eigenvalue weighted by molar-refractivity contribution is -0.135. The highest BCUT2D eigenvalue weighted by molar-refractivity contribution is 5.76. The minimum atomic E-state index is -0.606. The summed E-state index contributed by atoms with van der Waals surface area (Å²) in [5, 5.41) is 14.1. The average Bonchev–Trinajstić information content (AvgIpc) is 2.91. The van der Waals surface area contributed by atoms with Crippen LogP contribution < -0.4 is 5.32 Å². The van der Waals surface area contributed by atoms with Gasteiger partial charge in [0.1, 0.15) is 0 Å². The second-order valence-electron chi connectivity index (χ2n) is 6.22. The summed E-state index contributed by atoms with van der Waals surface area (Å²) in [5.74, 6) is 0.244. The number of nitrogens with one attached hydrogen (secondary N) is 1. The van der Waals surface area contributed by atoms with Crippen LogP contribution in [0, 0.1) is 0 Å². The monoisotopic (exact) mass is 268 g/mol. The normalized spacial score (nSPS) is 23.8. The topological polar surface area (TPSA) is 52.6 Å². The van der Waals surface area contributed by atoms with E-state index in [1.165, 1.54) is 25.7 Å². The molecule has 0 unspecified atom stereocenters. The van der Waals surface area contributed by atoms with Crippen molar-refractivity contribution in [2.24, 2.45) is 0 Å². The molecule has 2 fully saturated rings. The van der Waals surface area contributed by atoms with Crippen LogP contribution >= 0.6 is 0 Å². The molecule has 2 aliphatic rings. The van der Waals surface area contributed by atoms with Crippen molar-refractivity contribution in [3.8, 4) is 0 Å². The summed E-state index contributed by atoms with van der Waals surface area (Å²) >= 11 is 0. The van der Waals surface area contributed by atoms with Crippen molar-refractivity contribution in [2.45, 2.75) is 69.9 Å². The standard InChI is InChI=1S/C15H28N2O2/c1-2-5-14(18)17-10-8-15(19,9-11-17)12-16-13-6-3-4-7-13/h13,16,19H,2-12H2,1H3. The summed E-state index contributed by atoms with van der Waals surface area (Å²) in [4.78, 5) is 13.7. The molecule has 0 bridgehead atoms. The van der Waals surface area contributed by atoms with Crippen LogP contribution in [0.4, 0.5) is 0 Å². The molecule has 1 amide bonds. The second kappa shape index (κ2) is 6.71. The molecule has 4 heteroatoms. The predicted octanol–water partition coefficient (Wildman–Crippen LogP) is 1.67. The maximum atomic E-state index is 11.8. The number of likely N-dealkylation sites (tertiary alicyclic amines) is 1. The second-order valence-corrected chi connectivity index (χ2v) is 6.22. The van der Waals surface area contributed by atoms with Crippen molar-refractivity contribution in [2.75, 3.05) is 19.6 Å². The Kier molecular flexibility index (Phi) is 5.22. The molecule has 0 radical (unpaired) electrons. The molecule has 1 saturated heterocycles. The largest absolute Gasteiger partial charge is 0.388 e. The smallest absolute Gasteiger partial charge is 0.222 e. The van der Waals surface area contributed by atoms with Gasteiger partial charge in [-0.25, -0.2) is 0 Å². The summed E-state index contributed by atoms with van der Waals surface area (Å²) in [6, 6.07) is 0.601. The lowest BCUT2D eigenvalue weighted by Crippen LogP contribution is -2.52. The van der Waals surface area contributed by atoms with Crippen molar-refractivity contribution in [1.29, 1.82) is 0 Å². The number of amides is 1. The van der Waals surface area contributed by atoms with E-state index in [1.807, 2.05) is 11.8 Å². The van der Waals surface area contributed by atoms with Gasteiger partial charge in [-0.15, -0.1) is 0 Å². The highest BCUT2D eigenvalue weighted by Crippen LogP contribution is 2.24. The molecule has 2 rings (SSSR count). The molecule has 1 heterocycles. The average molecular weight is 268 g/mol. The van der Waals surface area contributed by atoms with E-state index in [0.717, 1.165) is 6.42 Å². The molecule has 19 heavy (non-hydrogen) atoms. The summed E-state index contributed by atoms with van der Waals surface area (Å²) < 4.78 is 0. The number of carbonyl (C=O) groups is 1. The summed E-state index contributed by atoms with van der Waals surface area (Å²) in [5.41, 5.74) is -0.606. The van der Waals surface area contributed by atoms with Crippen molar-refractivity contribution >= 4 is 5.91 Å². The van der Waals surface area contributed by atoms with Crippen LogP contribution in [0.15, 0.2) is 0 Å². The Bertz CT molecular complexity index is 293. The summed E-state index contributed by atoms with van der Waals surface area (Å²) in [7, 11) is 0. The molecular formula is C15H28N2O2. The maximum Gasteiger partial charge on any atom is 0.222 e. The third-order valence-electron chi connectivity index (χ3n) is 4.59. The first kappa shape index (κ1) is 14.8. The molecule has 1 aliphatic heterocycles. The molecule has 0 aromatic heterocycles. The van der Waals surface area contributed by atoms with E-state index in [4.69, 9.17) is 0 Å². The van der Waals surface area contributed by atoms with E-state index in [1.54, 1.807) is 0 Å². The molecule has 0 aromatic carbocycles. The van der Waals surface area contributed by atoms with Crippen molar-refractivity contribution in [1.82, 2.24) is 10.2 Å². The van der Waals surface area contributed by atoms with E-state index in [0.29, 0.717) is 44.9 Å². The Morgan fingerprint density at radius 2 is 1.95 bits per heavy atom. The number of carbonyl (C=O) groups excluding carboxylic acids is 1. The number of nitrogens with zero attached hydrogens (tertiary/aromatic N) is 1. The first-order valence-corrected chi connectivity index (χ1v) is 7.86. The van der Waals surface area contributed by atoms with Crippen molar-refractivity contribution in [3.05, 3.63) is 0 Å². The van der Waals surface area contributed by atoms with Gasteiger partial charge in [0.2, 0.25) is 5.91 Å². The zero-order valence-corrected chi connectivity index (χ0v) is 12.2. The highest BCUT2D eigenvalue weighted by atomic mass is 16.3. The van der Waals surface area contributed by atoms with Gasteiger partial charge < -0.3 is 15.3 Å². The van der Waals surface area contributed by atoms with Gasteiger partial charge in [-0.05, 0) is 32.1 Å². The fraction of sp³-hybridized carbons (Fsp3) is 0.933. The first-order valence-electron chi connectivity index (χ1n) is 7.86. The molecule has 1 saturated carbocycles. The zero-order valence-electron chi connectivity index (χ0n) is 12.2. The van der Waals surface area contributed by atoms with E-state index in [-0.39, 0.29) is 5.91 Å². The number of hydrogen-bond acceptors (Lipinski definition) is 3. The van der Waals surface area contributed by atoms with Gasteiger partial charge >= 0.3 is 0 Å². The predicted molar refractivity (Wildman–Crippen MR) is 75.9 cm³/mol. The fourth-order valence-corrected chi connectivity index (χ4v) is 3.19. The summed E-state index contributed by atoms with van der Waals surface area (Å²) in [6.07, 6.45) is 8.09.